The third kappa shape index (κ3) is 1.26. The monoisotopic (exact) mass is 228 g/mol. The van der Waals surface area contributed by atoms with Gasteiger partial charge in [-0.05, 0) is 28.1 Å². The fraction of sp³-hybridized carbons (Fsp3) is 0.375. The summed E-state index contributed by atoms with van der Waals surface area (Å²) in [5.41, 5.74) is -0.0142. The van der Waals surface area contributed by atoms with Crippen molar-refractivity contribution in [2.24, 2.45) is 0 Å². The Balaban J connectivity index is 2.33. The third-order valence-electron chi connectivity index (χ3n) is 2.03. The van der Waals surface area contributed by atoms with E-state index in [1.54, 1.807) is 0 Å². The van der Waals surface area contributed by atoms with Crippen molar-refractivity contribution >= 4 is 15.9 Å². The second-order valence-electron chi connectivity index (χ2n) is 2.98. The zero-order valence-electron chi connectivity index (χ0n) is 6.42. The summed E-state index contributed by atoms with van der Waals surface area (Å²) in [4.78, 5) is 4.19. The molecule has 0 saturated carbocycles. The lowest BCUT2D eigenvalue weighted by molar-refractivity contribution is -0.0187. The highest BCUT2D eigenvalue weighted by atomic mass is 79.9. The summed E-state index contributed by atoms with van der Waals surface area (Å²) in [7, 11) is 0. The lowest BCUT2D eigenvalue weighted by Crippen LogP contribution is -2.57. The number of β-amino-alcohol motifs (C(OH)–C–C–N with tert-alkyl or cyclic N) is 1. The number of hydrogen-bond donors (Lipinski definition) is 2. The molecule has 0 unspecified atom stereocenters. The van der Waals surface area contributed by atoms with Gasteiger partial charge in [-0.1, -0.05) is 6.07 Å². The van der Waals surface area contributed by atoms with Gasteiger partial charge in [-0.3, -0.25) is 0 Å². The van der Waals surface area contributed by atoms with Crippen molar-refractivity contribution in [2.75, 3.05) is 13.1 Å². The number of halogens is 1. The second-order valence-corrected chi connectivity index (χ2v) is 3.79. The Hall–Kier alpha value is -0.450. The van der Waals surface area contributed by atoms with Gasteiger partial charge in [0.25, 0.3) is 0 Å². The maximum Gasteiger partial charge on any atom is 0.131 e. The molecule has 2 rings (SSSR count). The van der Waals surface area contributed by atoms with Gasteiger partial charge in [-0.25, -0.2) is 4.98 Å². The molecule has 0 aliphatic carbocycles. The Kier molecular flexibility index (Phi) is 1.90. The van der Waals surface area contributed by atoms with Gasteiger partial charge < -0.3 is 10.4 Å². The van der Waals surface area contributed by atoms with E-state index in [4.69, 9.17) is 0 Å². The van der Waals surface area contributed by atoms with Crippen LogP contribution in [0.15, 0.2) is 22.8 Å². The lowest BCUT2D eigenvalue weighted by atomic mass is 9.93. The van der Waals surface area contributed by atoms with E-state index in [2.05, 4.69) is 26.2 Å². The van der Waals surface area contributed by atoms with E-state index in [9.17, 15) is 5.11 Å². The standard InChI is InChI=1S/C8H9BrN2O/c9-7-3-1-2-6(11-7)8(12)4-10-5-8/h1-3,10,12H,4-5H2. The number of nitrogens with one attached hydrogen (secondary N) is 1. The Morgan fingerprint density at radius 1 is 1.50 bits per heavy atom. The number of rotatable bonds is 1. The first kappa shape index (κ1) is 8.16. The van der Waals surface area contributed by atoms with Crippen LogP contribution in [0.2, 0.25) is 0 Å². The van der Waals surface area contributed by atoms with E-state index in [1.165, 1.54) is 0 Å². The minimum Gasteiger partial charge on any atom is -0.381 e. The molecule has 1 aliphatic heterocycles. The lowest BCUT2D eigenvalue weighted by Gasteiger charge is -2.36. The molecule has 1 aromatic heterocycles. The van der Waals surface area contributed by atoms with E-state index >= 15 is 0 Å². The molecule has 0 amide bonds. The fourth-order valence-corrected chi connectivity index (χ4v) is 1.55. The summed E-state index contributed by atoms with van der Waals surface area (Å²) >= 11 is 3.27. The number of aromatic nitrogens is 1. The number of hydrogen-bond acceptors (Lipinski definition) is 3. The molecule has 0 atom stereocenters. The first-order valence-corrected chi connectivity index (χ1v) is 4.56. The van der Waals surface area contributed by atoms with E-state index in [-0.39, 0.29) is 0 Å². The van der Waals surface area contributed by atoms with Crippen LogP contribution in [0.25, 0.3) is 0 Å². The summed E-state index contributed by atoms with van der Waals surface area (Å²) in [5, 5.41) is 12.9. The molecule has 0 radical (unpaired) electrons. The molecule has 0 aromatic carbocycles. The molecular weight excluding hydrogens is 220 g/mol. The molecule has 1 aliphatic rings. The van der Waals surface area contributed by atoms with E-state index in [1.807, 2.05) is 18.2 Å². The van der Waals surface area contributed by atoms with Gasteiger partial charge in [-0.2, -0.15) is 0 Å². The van der Waals surface area contributed by atoms with Crippen molar-refractivity contribution in [2.45, 2.75) is 5.60 Å². The van der Waals surface area contributed by atoms with Crippen LogP contribution in [0.1, 0.15) is 5.69 Å². The minimum absolute atomic E-state index is 0.594. The van der Waals surface area contributed by atoms with Crippen LogP contribution in [0.5, 0.6) is 0 Å². The van der Waals surface area contributed by atoms with Crippen molar-refractivity contribution in [1.29, 1.82) is 0 Å². The molecule has 12 heavy (non-hydrogen) atoms. The molecule has 2 heterocycles. The Labute approximate surface area is 79.0 Å². The highest BCUT2D eigenvalue weighted by Gasteiger charge is 2.37. The van der Waals surface area contributed by atoms with Crippen LogP contribution in [0.4, 0.5) is 0 Å². The summed E-state index contributed by atoms with van der Waals surface area (Å²) in [6.45, 7) is 1.19. The Morgan fingerprint density at radius 3 is 2.75 bits per heavy atom. The number of aliphatic hydroxyl groups is 1. The Morgan fingerprint density at radius 2 is 2.25 bits per heavy atom. The predicted octanol–water partition coefficient (Wildman–Crippen LogP) is 0.635. The summed E-state index contributed by atoms with van der Waals surface area (Å²) in [6.07, 6.45) is 0. The molecule has 0 spiro atoms. The maximum absolute atomic E-state index is 9.86. The van der Waals surface area contributed by atoms with E-state index < -0.39 is 5.60 Å². The summed E-state index contributed by atoms with van der Waals surface area (Å²) < 4.78 is 0.764. The summed E-state index contributed by atoms with van der Waals surface area (Å²) in [5.74, 6) is 0. The van der Waals surface area contributed by atoms with E-state index in [0.717, 1.165) is 10.3 Å². The molecular formula is C8H9BrN2O. The fourth-order valence-electron chi connectivity index (χ4n) is 1.21. The van der Waals surface area contributed by atoms with Crippen LogP contribution in [0.3, 0.4) is 0 Å². The first-order valence-electron chi connectivity index (χ1n) is 3.77. The molecule has 3 nitrogen and oxygen atoms in total. The van der Waals surface area contributed by atoms with Crippen molar-refractivity contribution < 1.29 is 5.11 Å². The highest BCUT2D eigenvalue weighted by Crippen LogP contribution is 2.24. The van der Waals surface area contributed by atoms with Crippen molar-refractivity contribution in [3.8, 4) is 0 Å². The van der Waals surface area contributed by atoms with Gasteiger partial charge >= 0.3 is 0 Å². The molecule has 0 bridgehead atoms. The molecule has 2 N–H and O–H groups in total. The zero-order chi connectivity index (χ0) is 8.60. The largest absolute Gasteiger partial charge is 0.381 e. The van der Waals surface area contributed by atoms with E-state index in [0.29, 0.717) is 13.1 Å². The van der Waals surface area contributed by atoms with Crippen LogP contribution in [0, 0.1) is 0 Å². The third-order valence-corrected chi connectivity index (χ3v) is 2.47. The molecule has 4 heteroatoms. The number of pyridine rings is 1. The molecule has 1 saturated heterocycles. The Bertz CT molecular complexity index is 299. The van der Waals surface area contributed by atoms with Gasteiger partial charge in [0.05, 0.1) is 5.69 Å². The van der Waals surface area contributed by atoms with Crippen molar-refractivity contribution in [1.82, 2.24) is 10.3 Å². The molecule has 64 valence electrons. The van der Waals surface area contributed by atoms with Gasteiger partial charge in [0.1, 0.15) is 10.2 Å². The van der Waals surface area contributed by atoms with Gasteiger partial charge in [0, 0.05) is 13.1 Å². The second kappa shape index (κ2) is 2.80. The van der Waals surface area contributed by atoms with Crippen LogP contribution < -0.4 is 5.32 Å². The van der Waals surface area contributed by atoms with Crippen LogP contribution in [-0.4, -0.2) is 23.2 Å². The van der Waals surface area contributed by atoms with Gasteiger partial charge in [-0.15, -0.1) is 0 Å². The van der Waals surface area contributed by atoms with Crippen LogP contribution >= 0.6 is 15.9 Å². The van der Waals surface area contributed by atoms with Gasteiger partial charge in [0.15, 0.2) is 0 Å². The topological polar surface area (TPSA) is 45.2 Å². The first-order chi connectivity index (χ1) is 5.71. The number of nitrogens with zero attached hydrogens (tertiary/aromatic N) is 1. The minimum atomic E-state index is -0.746. The van der Waals surface area contributed by atoms with Crippen LogP contribution in [-0.2, 0) is 5.60 Å². The normalized spacial score (nSPS) is 20.2. The maximum atomic E-state index is 9.86. The smallest absolute Gasteiger partial charge is 0.131 e. The van der Waals surface area contributed by atoms with Crippen molar-refractivity contribution in [3.63, 3.8) is 0 Å². The molecule has 1 fully saturated rings. The SMILES string of the molecule is OC1(c2cccc(Br)n2)CNC1. The van der Waals surface area contributed by atoms with Crippen molar-refractivity contribution in [3.05, 3.63) is 28.5 Å². The average molecular weight is 229 g/mol. The quantitative estimate of drug-likeness (QED) is 0.694. The highest BCUT2D eigenvalue weighted by molar-refractivity contribution is 9.10. The predicted molar refractivity (Wildman–Crippen MR) is 48.7 cm³/mol. The summed E-state index contributed by atoms with van der Waals surface area (Å²) in [6, 6.07) is 5.56. The average Bonchev–Trinajstić information content (AvgIpc) is 2.00. The molecule has 1 aromatic rings. The van der Waals surface area contributed by atoms with Gasteiger partial charge in [0.2, 0.25) is 0 Å². The zero-order valence-corrected chi connectivity index (χ0v) is 8.00.